The van der Waals surface area contributed by atoms with Gasteiger partial charge in [-0.2, -0.15) is 0 Å². The van der Waals surface area contributed by atoms with Gasteiger partial charge in [0, 0.05) is 44.0 Å². The van der Waals surface area contributed by atoms with E-state index in [1.807, 2.05) is 25.1 Å². The van der Waals surface area contributed by atoms with Crippen molar-refractivity contribution in [3.8, 4) is 11.5 Å². The van der Waals surface area contributed by atoms with Crippen molar-refractivity contribution in [1.82, 2.24) is 14.5 Å². The van der Waals surface area contributed by atoms with E-state index in [4.69, 9.17) is 9.47 Å². The standard InChI is InChI=1S/C17H23N3O4/c1-11(14-9-13(23-4)6-7-15(14)24-5)18-10-12-8-16(21)20(3)17(22)19(12)2/h6-9,11,18H,10H2,1-5H3. The summed E-state index contributed by atoms with van der Waals surface area (Å²) >= 11 is 0. The summed E-state index contributed by atoms with van der Waals surface area (Å²) in [6.07, 6.45) is 0. The largest absolute Gasteiger partial charge is 0.497 e. The number of nitrogens with one attached hydrogen (secondary N) is 1. The summed E-state index contributed by atoms with van der Waals surface area (Å²) in [5, 5.41) is 3.31. The van der Waals surface area contributed by atoms with Crippen LogP contribution >= 0.6 is 0 Å². The van der Waals surface area contributed by atoms with Crippen molar-refractivity contribution in [3.05, 3.63) is 56.4 Å². The molecule has 7 nitrogen and oxygen atoms in total. The highest BCUT2D eigenvalue weighted by molar-refractivity contribution is 5.42. The van der Waals surface area contributed by atoms with Gasteiger partial charge in [-0.15, -0.1) is 0 Å². The molecule has 2 aromatic rings. The molecule has 1 atom stereocenters. The van der Waals surface area contributed by atoms with Crippen LogP contribution in [0, 0.1) is 0 Å². The Hall–Kier alpha value is -2.54. The Balaban J connectivity index is 2.24. The van der Waals surface area contributed by atoms with Gasteiger partial charge in [-0.3, -0.25) is 13.9 Å². The Morgan fingerprint density at radius 2 is 1.79 bits per heavy atom. The molecule has 0 fully saturated rings. The van der Waals surface area contributed by atoms with Crippen molar-refractivity contribution in [2.24, 2.45) is 14.1 Å². The Morgan fingerprint density at radius 1 is 1.08 bits per heavy atom. The van der Waals surface area contributed by atoms with Gasteiger partial charge in [-0.1, -0.05) is 0 Å². The third-order valence-electron chi connectivity index (χ3n) is 4.12. The van der Waals surface area contributed by atoms with Crippen LogP contribution in [0.25, 0.3) is 0 Å². The summed E-state index contributed by atoms with van der Waals surface area (Å²) in [5.74, 6) is 1.48. The van der Waals surface area contributed by atoms with Crippen LogP contribution in [0.5, 0.6) is 11.5 Å². The lowest BCUT2D eigenvalue weighted by atomic mass is 10.1. The Morgan fingerprint density at radius 3 is 2.42 bits per heavy atom. The van der Waals surface area contributed by atoms with Gasteiger partial charge in [-0.25, -0.2) is 4.79 Å². The van der Waals surface area contributed by atoms with Gasteiger partial charge in [0.25, 0.3) is 5.56 Å². The summed E-state index contributed by atoms with van der Waals surface area (Å²) in [7, 11) is 6.34. The van der Waals surface area contributed by atoms with E-state index in [0.717, 1.165) is 21.6 Å². The van der Waals surface area contributed by atoms with Crippen molar-refractivity contribution in [2.45, 2.75) is 19.5 Å². The maximum absolute atomic E-state index is 12.0. The van der Waals surface area contributed by atoms with Crippen LogP contribution in [-0.4, -0.2) is 23.4 Å². The highest BCUT2D eigenvalue weighted by Gasteiger charge is 2.14. The van der Waals surface area contributed by atoms with Crippen molar-refractivity contribution < 1.29 is 9.47 Å². The highest BCUT2D eigenvalue weighted by Crippen LogP contribution is 2.29. The molecule has 0 saturated heterocycles. The average molecular weight is 333 g/mol. The van der Waals surface area contributed by atoms with Gasteiger partial charge in [0.2, 0.25) is 0 Å². The van der Waals surface area contributed by atoms with E-state index in [1.54, 1.807) is 21.3 Å². The Bertz CT molecular complexity index is 839. The van der Waals surface area contributed by atoms with E-state index in [1.165, 1.54) is 17.7 Å². The molecule has 7 heteroatoms. The summed E-state index contributed by atoms with van der Waals surface area (Å²) in [5.41, 5.74) is 0.898. The number of hydrogen-bond acceptors (Lipinski definition) is 5. The normalized spacial score (nSPS) is 12.0. The fourth-order valence-corrected chi connectivity index (χ4v) is 2.49. The first-order chi connectivity index (χ1) is 11.4. The number of benzene rings is 1. The minimum atomic E-state index is -0.342. The molecule has 130 valence electrons. The zero-order valence-electron chi connectivity index (χ0n) is 14.6. The predicted octanol–water partition coefficient (Wildman–Crippen LogP) is 0.952. The lowest BCUT2D eigenvalue weighted by molar-refractivity contribution is 0.391. The maximum atomic E-state index is 12.0. The second-order valence-electron chi connectivity index (χ2n) is 5.58. The molecule has 1 aromatic carbocycles. The van der Waals surface area contributed by atoms with E-state index < -0.39 is 0 Å². The molecule has 24 heavy (non-hydrogen) atoms. The van der Waals surface area contributed by atoms with E-state index in [-0.39, 0.29) is 17.3 Å². The van der Waals surface area contributed by atoms with E-state index in [9.17, 15) is 9.59 Å². The maximum Gasteiger partial charge on any atom is 0.330 e. The molecule has 0 aliphatic carbocycles. The lowest BCUT2D eigenvalue weighted by Crippen LogP contribution is -2.39. The van der Waals surface area contributed by atoms with Crippen molar-refractivity contribution >= 4 is 0 Å². The molecule has 0 aliphatic heterocycles. The van der Waals surface area contributed by atoms with Gasteiger partial charge >= 0.3 is 5.69 Å². The van der Waals surface area contributed by atoms with Gasteiger partial charge in [-0.05, 0) is 25.1 Å². The number of methoxy groups -OCH3 is 2. The molecule has 1 N–H and O–H groups in total. The van der Waals surface area contributed by atoms with Crippen LogP contribution in [-0.2, 0) is 20.6 Å². The molecule has 1 aromatic heterocycles. The van der Waals surface area contributed by atoms with Crippen molar-refractivity contribution in [3.63, 3.8) is 0 Å². The summed E-state index contributed by atoms with van der Waals surface area (Å²) in [6.45, 7) is 2.36. The third-order valence-corrected chi connectivity index (χ3v) is 4.12. The first kappa shape index (κ1) is 17.8. The quantitative estimate of drug-likeness (QED) is 0.852. The summed E-state index contributed by atoms with van der Waals surface area (Å²) in [6, 6.07) is 6.98. The molecule has 2 rings (SSSR count). The third kappa shape index (κ3) is 3.51. The molecule has 0 aliphatic rings. The van der Waals surface area contributed by atoms with Crippen LogP contribution in [0.4, 0.5) is 0 Å². The Kier molecular flexibility index (Phi) is 5.46. The summed E-state index contributed by atoms with van der Waals surface area (Å²) < 4.78 is 13.2. The first-order valence-corrected chi connectivity index (χ1v) is 7.60. The monoisotopic (exact) mass is 333 g/mol. The zero-order valence-corrected chi connectivity index (χ0v) is 14.6. The first-order valence-electron chi connectivity index (χ1n) is 7.60. The molecular weight excluding hydrogens is 310 g/mol. The molecule has 0 saturated carbocycles. The van der Waals surface area contributed by atoms with E-state index in [2.05, 4.69) is 5.32 Å². The fourth-order valence-electron chi connectivity index (χ4n) is 2.49. The molecule has 0 bridgehead atoms. The van der Waals surface area contributed by atoms with Crippen molar-refractivity contribution in [1.29, 1.82) is 0 Å². The lowest BCUT2D eigenvalue weighted by Gasteiger charge is -2.19. The minimum Gasteiger partial charge on any atom is -0.497 e. The molecule has 1 unspecified atom stereocenters. The van der Waals surface area contributed by atoms with Crippen LogP contribution in [0.3, 0.4) is 0 Å². The summed E-state index contributed by atoms with van der Waals surface area (Å²) in [4.78, 5) is 23.8. The van der Waals surface area contributed by atoms with E-state index >= 15 is 0 Å². The smallest absolute Gasteiger partial charge is 0.330 e. The average Bonchev–Trinajstić information content (AvgIpc) is 2.60. The number of nitrogens with zero attached hydrogens (tertiary/aromatic N) is 2. The molecule has 0 amide bonds. The number of hydrogen-bond donors (Lipinski definition) is 1. The second-order valence-corrected chi connectivity index (χ2v) is 5.58. The van der Waals surface area contributed by atoms with Crippen LogP contribution < -0.4 is 26.0 Å². The number of rotatable bonds is 6. The van der Waals surface area contributed by atoms with Crippen molar-refractivity contribution in [2.75, 3.05) is 14.2 Å². The topological polar surface area (TPSA) is 74.5 Å². The Labute approximate surface area is 140 Å². The zero-order chi connectivity index (χ0) is 17.9. The minimum absolute atomic E-state index is 0.0609. The fraction of sp³-hybridized carbons (Fsp3) is 0.412. The highest BCUT2D eigenvalue weighted by atomic mass is 16.5. The predicted molar refractivity (Wildman–Crippen MR) is 91.7 cm³/mol. The van der Waals surface area contributed by atoms with Gasteiger partial charge in [0.15, 0.2) is 0 Å². The van der Waals surface area contributed by atoms with Crippen LogP contribution in [0.2, 0.25) is 0 Å². The number of ether oxygens (including phenoxy) is 2. The number of aromatic nitrogens is 2. The molecular formula is C17H23N3O4. The molecule has 0 radical (unpaired) electrons. The SMILES string of the molecule is COc1ccc(OC)c(C(C)NCc2cc(=O)n(C)c(=O)n2C)c1. The van der Waals surface area contributed by atoms with Gasteiger partial charge in [0.05, 0.1) is 14.2 Å². The van der Waals surface area contributed by atoms with Gasteiger partial charge < -0.3 is 14.8 Å². The second kappa shape index (κ2) is 7.35. The van der Waals surface area contributed by atoms with Crippen LogP contribution in [0.15, 0.2) is 33.9 Å². The van der Waals surface area contributed by atoms with E-state index in [0.29, 0.717) is 12.2 Å². The molecule has 0 spiro atoms. The molecule has 1 heterocycles. The van der Waals surface area contributed by atoms with Crippen LogP contribution in [0.1, 0.15) is 24.2 Å². The van der Waals surface area contributed by atoms with Gasteiger partial charge in [0.1, 0.15) is 11.5 Å².